The molecule has 1 amide bonds. The number of para-hydroxylation sites is 1. The molecule has 128 valence electrons. The first kappa shape index (κ1) is 17.0. The molecule has 0 unspecified atom stereocenters. The fourth-order valence-corrected chi connectivity index (χ4v) is 3.90. The summed E-state index contributed by atoms with van der Waals surface area (Å²) in [6, 6.07) is 14.2. The molecule has 0 aliphatic heterocycles. The third kappa shape index (κ3) is 3.21. The second-order valence-electron chi connectivity index (χ2n) is 5.80. The van der Waals surface area contributed by atoms with Gasteiger partial charge in [0.2, 0.25) is 16.2 Å². The molecule has 2 aromatic carbocycles. The Hall–Kier alpha value is -2.86. The number of aromatic amines is 1. The number of H-pyrrole nitrogens is 1. The predicted octanol–water partition coefficient (Wildman–Crippen LogP) is 3.30. The summed E-state index contributed by atoms with van der Waals surface area (Å²) in [7, 11) is -3.83. The Kier molecular flexibility index (Phi) is 4.46. The van der Waals surface area contributed by atoms with Gasteiger partial charge in [-0.05, 0) is 43.7 Å². The highest BCUT2D eigenvalue weighted by molar-refractivity contribution is 7.95. The number of aromatic nitrogens is 1. The second-order valence-corrected chi connectivity index (χ2v) is 7.71. The zero-order chi connectivity index (χ0) is 18.0. The molecule has 0 spiro atoms. The lowest BCUT2D eigenvalue weighted by molar-refractivity contribution is -0.108. The van der Waals surface area contributed by atoms with Gasteiger partial charge in [0.25, 0.3) is 0 Å². The van der Waals surface area contributed by atoms with E-state index in [1.165, 1.54) is 18.2 Å². The first-order valence-electron chi connectivity index (χ1n) is 7.74. The Morgan fingerprint density at radius 2 is 1.72 bits per heavy atom. The van der Waals surface area contributed by atoms with Gasteiger partial charge in [-0.3, -0.25) is 4.79 Å². The molecular formula is C19H18N2O3S. The normalized spacial score (nSPS) is 12.3. The molecule has 0 atom stereocenters. The standard InChI is InChI=1S/C19H18N2O3S/c1-13-7-9-15(10-8-13)25(23,24)19(20-12-22)11-18-14(2)16-5-3-4-6-17(16)21-18/h3-12,21H,1-2H3,(H,20,22)/b19-11+. The first-order chi connectivity index (χ1) is 11.9. The largest absolute Gasteiger partial charge is 0.355 e. The summed E-state index contributed by atoms with van der Waals surface area (Å²) in [5, 5.41) is 3.17. The third-order valence-electron chi connectivity index (χ3n) is 4.10. The van der Waals surface area contributed by atoms with Crippen LogP contribution in [0.15, 0.2) is 58.5 Å². The summed E-state index contributed by atoms with van der Waals surface area (Å²) in [5.41, 5.74) is 3.42. The number of fused-ring (bicyclic) bond motifs is 1. The number of carbonyl (C=O) groups is 1. The average Bonchev–Trinajstić information content (AvgIpc) is 2.91. The Morgan fingerprint density at radius 1 is 1.04 bits per heavy atom. The maximum absolute atomic E-state index is 12.9. The van der Waals surface area contributed by atoms with Crippen LogP contribution in [0.25, 0.3) is 17.0 Å². The van der Waals surface area contributed by atoms with Crippen LogP contribution < -0.4 is 5.32 Å². The van der Waals surface area contributed by atoms with Gasteiger partial charge in [-0.1, -0.05) is 35.9 Å². The molecule has 5 nitrogen and oxygen atoms in total. The van der Waals surface area contributed by atoms with Crippen LogP contribution in [0.4, 0.5) is 0 Å². The number of hydrogen-bond donors (Lipinski definition) is 2. The number of hydrogen-bond acceptors (Lipinski definition) is 3. The topological polar surface area (TPSA) is 79.0 Å². The fourth-order valence-electron chi connectivity index (χ4n) is 2.68. The number of carbonyl (C=O) groups excluding carboxylic acids is 1. The molecule has 2 N–H and O–H groups in total. The van der Waals surface area contributed by atoms with Gasteiger partial charge in [-0.2, -0.15) is 0 Å². The molecule has 0 aliphatic carbocycles. The van der Waals surface area contributed by atoms with E-state index in [0.29, 0.717) is 12.1 Å². The van der Waals surface area contributed by atoms with E-state index in [0.717, 1.165) is 22.0 Å². The van der Waals surface area contributed by atoms with Gasteiger partial charge in [-0.25, -0.2) is 8.42 Å². The summed E-state index contributed by atoms with van der Waals surface area (Å²) < 4.78 is 25.7. The van der Waals surface area contributed by atoms with E-state index in [1.54, 1.807) is 12.1 Å². The Labute approximate surface area is 146 Å². The molecule has 1 heterocycles. The van der Waals surface area contributed by atoms with Crippen molar-refractivity contribution in [2.75, 3.05) is 0 Å². The summed E-state index contributed by atoms with van der Waals surface area (Å²) in [5.74, 6) is 0. The predicted molar refractivity (Wildman–Crippen MR) is 98.6 cm³/mol. The minimum absolute atomic E-state index is 0.132. The fraction of sp³-hybridized carbons (Fsp3) is 0.105. The summed E-state index contributed by atoms with van der Waals surface area (Å²) in [6.45, 7) is 3.78. The number of nitrogens with one attached hydrogen (secondary N) is 2. The molecule has 1 aromatic heterocycles. The number of sulfone groups is 1. The molecule has 25 heavy (non-hydrogen) atoms. The molecule has 3 rings (SSSR count). The van der Waals surface area contributed by atoms with E-state index in [4.69, 9.17) is 0 Å². The van der Waals surface area contributed by atoms with Gasteiger partial charge >= 0.3 is 0 Å². The van der Waals surface area contributed by atoms with Crippen molar-refractivity contribution in [2.45, 2.75) is 18.7 Å². The van der Waals surface area contributed by atoms with Crippen molar-refractivity contribution in [3.63, 3.8) is 0 Å². The zero-order valence-electron chi connectivity index (χ0n) is 13.9. The molecule has 0 fully saturated rings. The zero-order valence-corrected chi connectivity index (χ0v) is 14.7. The van der Waals surface area contributed by atoms with Crippen molar-refractivity contribution < 1.29 is 13.2 Å². The maximum atomic E-state index is 12.9. The number of amides is 1. The number of rotatable bonds is 5. The van der Waals surface area contributed by atoms with Gasteiger partial charge in [0.1, 0.15) is 5.03 Å². The van der Waals surface area contributed by atoms with Gasteiger partial charge in [0.15, 0.2) is 0 Å². The van der Waals surface area contributed by atoms with Crippen molar-refractivity contribution in [3.8, 4) is 0 Å². The number of aryl methyl sites for hydroxylation is 2. The Morgan fingerprint density at radius 3 is 2.36 bits per heavy atom. The lowest BCUT2D eigenvalue weighted by Gasteiger charge is -2.08. The minimum Gasteiger partial charge on any atom is -0.355 e. The maximum Gasteiger partial charge on any atom is 0.221 e. The average molecular weight is 354 g/mol. The molecule has 3 aromatic rings. The molecule has 0 saturated carbocycles. The lowest BCUT2D eigenvalue weighted by atomic mass is 10.1. The van der Waals surface area contributed by atoms with Gasteiger partial charge < -0.3 is 10.3 Å². The van der Waals surface area contributed by atoms with Crippen LogP contribution in [0, 0.1) is 13.8 Å². The minimum atomic E-state index is -3.83. The Balaban J connectivity index is 2.14. The van der Waals surface area contributed by atoms with Gasteiger partial charge in [-0.15, -0.1) is 0 Å². The van der Waals surface area contributed by atoms with Gasteiger partial charge in [0.05, 0.1) is 4.90 Å². The van der Waals surface area contributed by atoms with E-state index in [1.807, 2.05) is 38.1 Å². The van der Waals surface area contributed by atoms with Crippen LogP contribution in [-0.4, -0.2) is 19.8 Å². The van der Waals surface area contributed by atoms with Crippen molar-refractivity contribution in [2.24, 2.45) is 0 Å². The lowest BCUT2D eigenvalue weighted by Crippen LogP contribution is -2.19. The van der Waals surface area contributed by atoms with Crippen molar-refractivity contribution in [1.82, 2.24) is 10.3 Å². The van der Waals surface area contributed by atoms with Crippen molar-refractivity contribution in [3.05, 3.63) is 70.4 Å². The molecule has 0 bridgehead atoms. The third-order valence-corrected chi connectivity index (χ3v) is 5.81. The highest BCUT2D eigenvalue weighted by Crippen LogP contribution is 2.25. The smallest absolute Gasteiger partial charge is 0.221 e. The summed E-state index contributed by atoms with van der Waals surface area (Å²) >= 11 is 0. The van der Waals surface area contributed by atoms with E-state index < -0.39 is 9.84 Å². The van der Waals surface area contributed by atoms with Crippen LogP contribution in [0.5, 0.6) is 0 Å². The van der Waals surface area contributed by atoms with Crippen molar-refractivity contribution in [1.29, 1.82) is 0 Å². The van der Waals surface area contributed by atoms with Crippen LogP contribution >= 0.6 is 0 Å². The highest BCUT2D eigenvalue weighted by Gasteiger charge is 2.21. The quantitative estimate of drug-likeness (QED) is 0.690. The number of benzene rings is 2. The second kappa shape index (κ2) is 6.57. The molecule has 0 radical (unpaired) electrons. The van der Waals surface area contributed by atoms with E-state index in [-0.39, 0.29) is 9.92 Å². The summed E-state index contributed by atoms with van der Waals surface area (Å²) in [6.07, 6.45) is 1.83. The van der Waals surface area contributed by atoms with Crippen LogP contribution in [0.3, 0.4) is 0 Å². The molecule has 6 heteroatoms. The molecule has 0 aliphatic rings. The first-order valence-corrected chi connectivity index (χ1v) is 9.23. The summed E-state index contributed by atoms with van der Waals surface area (Å²) in [4.78, 5) is 14.3. The molecule has 0 saturated heterocycles. The van der Waals surface area contributed by atoms with Crippen molar-refractivity contribution >= 4 is 33.2 Å². The Bertz CT molecular complexity index is 1060. The monoisotopic (exact) mass is 354 g/mol. The van der Waals surface area contributed by atoms with E-state index in [9.17, 15) is 13.2 Å². The molecular weight excluding hydrogens is 336 g/mol. The van der Waals surface area contributed by atoms with Gasteiger partial charge in [0, 0.05) is 16.6 Å². The SMILES string of the molecule is Cc1ccc(S(=O)(=O)/C(=C/c2[nH]c3ccccc3c2C)NC=O)cc1. The van der Waals surface area contributed by atoms with Crippen LogP contribution in [-0.2, 0) is 14.6 Å². The van der Waals surface area contributed by atoms with E-state index in [2.05, 4.69) is 10.3 Å². The van der Waals surface area contributed by atoms with E-state index >= 15 is 0 Å². The van der Waals surface area contributed by atoms with Crippen LogP contribution in [0.2, 0.25) is 0 Å². The van der Waals surface area contributed by atoms with Crippen LogP contribution in [0.1, 0.15) is 16.8 Å². The highest BCUT2D eigenvalue weighted by atomic mass is 32.2.